The molecule has 1 heterocycles. The van der Waals surface area contributed by atoms with Gasteiger partial charge in [0.25, 0.3) is 11.1 Å². The zero-order valence-electron chi connectivity index (χ0n) is 23.7. The van der Waals surface area contributed by atoms with E-state index in [1.54, 1.807) is 4.57 Å². The van der Waals surface area contributed by atoms with E-state index in [1.165, 1.54) is 54.2 Å². The van der Waals surface area contributed by atoms with Crippen molar-refractivity contribution in [3.05, 3.63) is 68.2 Å². The second-order valence-electron chi connectivity index (χ2n) is 11.9. The highest BCUT2D eigenvalue weighted by Gasteiger charge is 2.29. The fourth-order valence-electron chi connectivity index (χ4n) is 7.53. The van der Waals surface area contributed by atoms with E-state index in [9.17, 15) is 9.59 Å². The second kappa shape index (κ2) is 9.05. The summed E-state index contributed by atoms with van der Waals surface area (Å²) in [7, 11) is 0. The summed E-state index contributed by atoms with van der Waals surface area (Å²) in [6.07, 6.45) is 9.32. The Hall–Kier alpha value is -3.46. The lowest BCUT2D eigenvalue weighted by molar-refractivity contribution is 0.469. The van der Waals surface area contributed by atoms with Crippen LogP contribution in [-0.4, -0.2) is 4.57 Å². The smallest absolute Gasteiger partial charge is 0.262 e. The van der Waals surface area contributed by atoms with Crippen LogP contribution >= 0.6 is 0 Å². The maximum Gasteiger partial charge on any atom is 0.262 e. The zero-order chi connectivity index (χ0) is 27.0. The monoisotopic (exact) mass is 515 g/mol. The molecule has 3 heteroatoms. The molecule has 1 atom stereocenters. The molecule has 7 rings (SSSR count). The number of hydrogen-bond donors (Lipinski definition) is 0. The highest BCUT2D eigenvalue weighted by Crippen LogP contribution is 2.51. The number of aromatic nitrogens is 1. The fraction of sp³-hybridized carbons (Fsp3) is 0.389. The Bertz CT molecular complexity index is 1940. The number of rotatable bonds is 10. The summed E-state index contributed by atoms with van der Waals surface area (Å²) in [6.45, 7) is 8.66. The predicted molar refractivity (Wildman–Crippen MR) is 168 cm³/mol. The first-order chi connectivity index (χ1) is 19.0. The van der Waals surface area contributed by atoms with Crippen LogP contribution in [0.25, 0.3) is 64.6 Å². The van der Waals surface area contributed by atoms with Crippen molar-refractivity contribution >= 4 is 64.6 Å². The zero-order valence-corrected chi connectivity index (χ0v) is 23.7. The molecule has 0 N–H and O–H groups in total. The standard InChI is InChI=1S/C36H37NO2/c1-5-8-11-20(4)37-35(38)33-26-18-22(12-9-6-2)24-16-14-21-15-17-25-23(13-10-7-3)19-27(34(33)36(37)39)32-30(25)28(21)29(24)31(26)32/h14-20H,5-13H2,1-4H3. The van der Waals surface area contributed by atoms with E-state index in [1.807, 2.05) is 6.92 Å². The Labute approximate surface area is 228 Å². The SMILES string of the molecule is CCCCc1cc2c3c(=O)n(C(C)CCCC)c(=O)c3c3cc(CCCC)c4ccc5ccc1c1c5c4c3c21. The van der Waals surface area contributed by atoms with Crippen molar-refractivity contribution in [1.82, 2.24) is 4.57 Å². The third-order valence-electron chi connectivity index (χ3n) is 9.47. The summed E-state index contributed by atoms with van der Waals surface area (Å²) in [5.41, 5.74) is 2.41. The predicted octanol–water partition coefficient (Wildman–Crippen LogP) is 9.32. The second-order valence-corrected chi connectivity index (χ2v) is 11.9. The minimum Gasteiger partial charge on any atom is -0.271 e. The first kappa shape index (κ1) is 24.6. The molecule has 39 heavy (non-hydrogen) atoms. The molecule has 0 amide bonds. The molecule has 0 aliphatic rings. The third-order valence-corrected chi connectivity index (χ3v) is 9.47. The summed E-state index contributed by atoms with van der Waals surface area (Å²) in [5.74, 6) is 0. The molecular formula is C36H37NO2. The van der Waals surface area contributed by atoms with Crippen molar-refractivity contribution in [1.29, 1.82) is 0 Å². The van der Waals surface area contributed by atoms with E-state index in [2.05, 4.69) is 57.2 Å². The van der Waals surface area contributed by atoms with Gasteiger partial charge in [-0.1, -0.05) is 70.7 Å². The molecule has 0 radical (unpaired) electrons. The van der Waals surface area contributed by atoms with Gasteiger partial charge in [-0.25, -0.2) is 0 Å². The van der Waals surface area contributed by atoms with Crippen LogP contribution in [0.15, 0.2) is 46.0 Å². The van der Waals surface area contributed by atoms with Gasteiger partial charge in [-0.05, 0) is 116 Å². The first-order valence-electron chi connectivity index (χ1n) is 15.2. The lowest BCUT2D eigenvalue weighted by Gasteiger charge is -2.12. The molecule has 0 aliphatic carbocycles. The van der Waals surface area contributed by atoms with Crippen LogP contribution in [0.5, 0.6) is 0 Å². The summed E-state index contributed by atoms with van der Waals surface area (Å²) < 4.78 is 1.58. The molecular weight excluding hydrogens is 478 g/mol. The van der Waals surface area contributed by atoms with Crippen LogP contribution in [0, 0.1) is 0 Å². The number of hydrogen-bond acceptors (Lipinski definition) is 2. The molecule has 1 unspecified atom stereocenters. The van der Waals surface area contributed by atoms with Gasteiger partial charge in [-0.2, -0.15) is 0 Å². The van der Waals surface area contributed by atoms with Crippen LogP contribution in [0.3, 0.4) is 0 Å². The molecule has 1 aromatic heterocycles. The maximum atomic E-state index is 14.2. The van der Waals surface area contributed by atoms with Crippen molar-refractivity contribution in [2.45, 2.75) is 91.5 Å². The number of fused-ring (bicyclic) bond motifs is 3. The van der Waals surface area contributed by atoms with Gasteiger partial charge in [0.1, 0.15) is 0 Å². The molecule has 0 fully saturated rings. The van der Waals surface area contributed by atoms with Crippen molar-refractivity contribution < 1.29 is 0 Å². The molecule has 0 spiro atoms. The molecule has 198 valence electrons. The van der Waals surface area contributed by atoms with E-state index in [-0.39, 0.29) is 17.2 Å². The van der Waals surface area contributed by atoms with Crippen molar-refractivity contribution in [2.24, 2.45) is 0 Å². The van der Waals surface area contributed by atoms with Gasteiger partial charge < -0.3 is 0 Å². The topological polar surface area (TPSA) is 39.1 Å². The van der Waals surface area contributed by atoms with Crippen molar-refractivity contribution in [3.8, 4) is 0 Å². The lowest BCUT2D eigenvalue weighted by atomic mass is 9.90. The number of nitrogens with zero attached hydrogens (tertiary/aromatic N) is 1. The van der Waals surface area contributed by atoms with Gasteiger partial charge in [0.15, 0.2) is 0 Å². The van der Waals surface area contributed by atoms with Crippen LogP contribution < -0.4 is 11.1 Å². The normalized spacial score (nSPS) is 13.6. The van der Waals surface area contributed by atoms with Crippen LogP contribution in [-0.2, 0) is 12.8 Å². The molecule has 0 aliphatic heterocycles. The highest BCUT2D eigenvalue weighted by molar-refractivity contribution is 6.48. The van der Waals surface area contributed by atoms with E-state index < -0.39 is 0 Å². The Morgan fingerprint density at radius 2 is 1.05 bits per heavy atom. The summed E-state index contributed by atoms with van der Waals surface area (Å²) in [5, 5.41) is 13.5. The average Bonchev–Trinajstić information content (AvgIpc) is 3.44. The first-order valence-corrected chi connectivity index (χ1v) is 15.2. The fourth-order valence-corrected chi connectivity index (χ4v) is 7.53. The van der Waals surface area contributed by atoms with Gasteiger partial charge in [0, 0.05) is 6.04 Å². The Balaban J connectivity index is 1.75. The van der Waals surface area contributed by atoms with Crippen LogP contribution in [0.1, 0.15) is 89.8 Å². The molecule has 3 nitrogen and oxygen atoms in total. The molecule has 0 saturated heterocycles. The third kappa shape index (κ3) is 3.22. The van der Waals surface area contributed by atoms with Gasteiger partial charge in [0.05, 0.1) is 10.8 Å². The minimum atomic E-state index is -0.104. The van der Waals surface area contributed by atoms with Crippen molar-refractivity contribution in [3.63, 3.8) is 0 Å². The van der Waals surface area contributed by atoms with E-state index in [0.29, 0.717) is 10.8 Å². The van der Waals surface area contributed by atoms with Gasteiger partial charge in [0.2, 0.25) is 0 Å². The van der Waals surface area contributed by atoms with Crippen molar-refractivity contribution in [2.75, 3.05) is 0 Å². The number of aryl methyl sites for hydroxylation is 2. The number of benzene rings is 5. The van der Waals surface area contributed by atoms with Crippen LogP contribution in [0.4, 0.5) is 0 Å². The Kier molecular flexibility index (Phi) is 5.70. The molecule has 7 aromatic rings. The summed E-state index contributed by atoms with van der Waals surface area (Å²) in [4.78, 5) is 28.5. The molecule has 0 bridgehead atoms. The maximum absolute atomic E-state index is 14.2. The van der Waals surface area contributed by atoms with Crippen LogP contribution in [0.2, 0.25) is 0 Å². The molecule has 6 aromatic carbocycles. The summed E-state index contributed by atoms with van der Waals surface area (Å²) >= 11 is 0. The Morgan fingerprint density at radius 1 is 0.590 bits per heavy atom. The number of unbranched alkanes of at least 4 members (excludes halogenated alkanes) is 3. The van der Waals surface area contributed by atoms with Gasteiger partial charge in [-0.3, -0.25) is 14.2 Å². The van der Waals surface area contributed by atoms with Gasteiger partial charge in [-0.15, -0.1) is 0 Å². The summed E-state index contributed by atoms with van der Waals surface area (Å²) in [6, 6.07) is 13.6. The largest absolute Gasteiger partial charge is 0.271 e. The van der Waals surface area contributed by atoms with E-state index in [4.69, 9.17) is 0 Å². The quantitative estimate of drug-likeness (QED) is 0.170. The van der Waals surface area contributed by atoms with E-state index in [0.717, 1.165) is 68.6 Å². The minimum absolute atomic E-state index is 0.0976. The Morgan fingerprint density at radius 3 is 1.51 bits per heavy atom. The molecule has 0 saturated carbocycles. The van der Waals surface area contributed by atoms with Gasteiger partial charge >= 0.3 is 0 Å². The highest BCUT2D eigenvalue weighted by atomic mass is 16.2. The van der Waals surface area contributed by atoms with E-state index >= 15 is 0 Å². The average molecular weight is 516 g/mol. The lowest BCUT2D eigenvalue weighted by Crippen LogP contribution is -2.28.